The maximum Gasteiger partial charge on any atom is 0.252 e. The second kappa shape index (κ2) is 3.21. The highest BCUT2D eigenvalue weighted by atomic mass is 16.1. The molecule has 12 heavy (non-hydrogen) atoms. The predicted octanol–water partition coefficient (Wildman–Crippen LogP) is 0.642. The quantitative estimate of drug-likeness (QED) is 0.643. The molecule has 64 valence electrons. The van der Waals surface area contributed by atoms with Gasteiger partial charge in [-0.25, -0.2) is 0 Å². The third-order valence-electron chi connectivity index (χ3n) is 1.42. The fourth-order valence-electron chi connectivity index (χ4n) is 0.809. The van der Waals surface area contributed by atoms with Gasteiger partial charge in [-0.3, -0.25) is 9.59 Å². The lowest BCUT2D eigenvalue weighted by Gasteiger charge is -2.00. The van der Waals surface area contributed by atoms with Crippen molar-refractivity contribution in [2.45, 2.75) is 13.8 Å². The molecular weight excluding hydrogens is 156 g/mol. The zero-order chi connectivity index (χ0) is 9.14. The number of nitrogens with one attached hydrogen (secondary N) is 2. The van der Waals surface area contributed by atoms with E-state index < -0.39 is 0 Å². The molecule has 4 nitrogen and oxygen atoms in total. The molecule has 0 spiro atoms. The lowest BCUT2D eigenvalue weighted by atomic mass is 10.3. The number of hydrogen-bond acceptors (Lipinski definition) is 2. The van der Waals surface area contributed by atoms with Gasteiger partial charge < -0.3 is 10.3 Å². The first-order chi connectivity index (χ1) is 5.59. The smallest absolute Gasteiger partial charge is 0.252 e. The summed E-state index contributed by atoms with van der Waals surface area (Å²) >= 11 is 0. The number of anilines is 1. The van der Waals surface area contributed by atoms with Crippen molar-refractivity contribution in [3.8, 4) is 0 Å². The van der Waals surface area contributed by atoms with Crippen LogP contribution in [0.15, 0.2) is 16.9 Å². The van der Waals surface area contributed by atoms with E-state index in [-0.39, 0.29) is 11.5 Å². The molecule has 0 unspecified atom stereocenters. The molecule has 1 aromatic rings. The number of pyridine rings is 1. The van der Waals surface area contributed by atoms with Crippen LogP contribution in [0.2, 0.25) is 0 Å². The first-order valence-electron chi connectivity index (χ1n) is 3.57. The van der Waals surface area contributed by atoms with Crippen LogP contribution in [0.25, 0.3) is 0 Å². The molecule has 0 bridgehead atoms. The molecule has 1 rings (SSSR count). The van der Waals surface area contributed by atoms with Crippen LogP contribution in [-0.2, 0) is 4.79 Å². The van der Waals surface area contributed by atoms with E-state index in [2.05, 4.69) is 10.3 Å². The van der Waals surface area contributed by atoms with Gasteiger partial charge in [-0.1, -0.05) is 6.07 Å². The average molecular weight is 166 g/mol. The van der Waals surface area contributed by atoms with Crippen LogP contribution in [0.4, 0.5) is 5.82 Å². The topological polar surface area (TPSA) is 62.0 Å². The fraction of sp³-hybridized carbons (Fsp3) is 0.250. The van der Waals surface area contributed by atoms with Crippen molar-refractivity contribution in [1.29, 1.82) is 0 Å². The van der Waals surface area contributed by atoms with Crippen molar-refractivity contribution in [2.24, 2.45) is 0 Å². The zero-order valence-electron chi connectivity index (χ0n) is 6.97. The van der Waals surface area contributed by atoms with Crippen molar-refractivity contribution in [3.63, 3.8) is 0 Å². The summed E-state index contributed by atoms with van der Waals surface area (Å²) in [6, 6.07) is 3.31. The maximum absolute atomic E-state index is 11.0. The Kier molecular flexibility index (Phi) is 2.28. The van der Waals surface area contributed by atoms with Crippen LogP contribution in [0.5, 0.6) is 0 Å². The minimum absolute atomic E-state index is 0.179. The summed E-state index contributed by atoms with van der Waals surface area (Å²) in [7, 11) is 0. The van der Waals surface area contributed by atoms with Crippen LogP contribution >= 0.6 is 0 Å². The summed E-state index contributed by atoms with van der Waals surface area (Å²) in [4.78, 5) is 24.1. The summed E-state index contributed by atoms with van der Waals surface area (Å²) in [6.07, 6.45) is 0. The van der Waals surface area contributed by atoms with E-state index in [1.54, 1.807) is 19.1 Å². The third-order valence-corrected chi connectivity index (χ3v) is 1.42. The molecule has 0 atom stereocenters. The Bertz CT molecular complexity index is 354. The molecule has 0 aliphatic rings. The van der Waals surface area contributed by atoms with E-state index in [4.69, 9.17) is 0 Å². The summed E-state index contributed by atoms with van der Waals surface area (Å²) in [5.41, 5.74) is 0.449. The van der Waals surface area contributed by atoms with Gasteiger partial charge in [0.05, 0.1) is 0 Å². The number of amides is 1. The Morgan fingerprint density at radius 2 is 2.17 bits per heavy atom. The second-order valence-corrected chi connectivity index (χ2v) is 2.57. The number of carbonyl (C=O) groups is 1. The van der Waals surface area contributed by atoms with Gasteiger partial charge in [-0.2, -0.15) is 0 Å². The maximum atomic E-state index is 11.0. The first kappa shape index (κ1) is 8.52. The molecule has 1 heterocycles. The van der Waals surface area contributed by atoms with Crippen LogP contribution in [0.3, 0.4) is 0 Å². The Morgan fingerprint density at radius 1 is 1.50 bits per heavy atom. The number of hydrogen-bond donors (Lipinski definition) is 2. The average Bonchev–Trinajstić information content (AvgIpc) is 1.96. The summed E-state index contributed by atoms with van der Waals surface area (Å²) < 4.78 is 0. The highest BCUT2D eigenvalue weighted by Crippen LogP contribution is 1.98. The predicted molar refractivity (Wildman–Crippen MR) is 46.1 cm³/mol. The molecular formula is C8H10N2O2. The second-order valence-electron chi connectivity index (χ2n) is 2.57. The van der Waals surface area contributed by atoms with Crippen molar-refractivity contribution >= 4 is 11.7 Å². The minimum Gasteiger partial charge on any atom is -0.312 e. The highest BCUT2D eigenvalue weighted by molar-refractivity contribution is 5.87. The molecule has 0 radical (unpaired) electrons. The van der Waals surface area contributed by atoms with Gasteiger partial charge in [0.25, 0.3) is 5.56 Å². The minimum atomic E-state index is -0.200. The Labute approximate surface area is 69.6 Å². The standard InChI is InChI=1S/C8H10N2O2/c1-5-3-4-7(9-6(2)11)10-8(5)12/h3-4H,1-2H3,(H2,9,10,11,12). The molecule has 0 fully saturated rings. The van der Waals surface area contributed by atoms with Crippen molar-refractivity contribution < 1.29 is 4.79 Å². The van der Waals surface area contributed by atoms with Crippen molar-refractivity contribution in [1.82, 2.24) is 4.98 Å². The number of aryl methyl sites for hydroxylation is 1. The number of rotatable bonds is 1. The lowest BCUT2D eigenvalue weighted by molar-refractivity contribution is -0.114. The highest BCUT2D eigenvalue weighted by Gasteiger charge is 1.96. The number of H-pyrrole nitrogens is 1. The molecule has 0 aliphatic carbocycles. The molecule has 4 heteroatoms. The fourth-order valence-corrected chi connectivity index (χ4v) is 0.809. The first-order valence-corrected chi connectivity index (χ1v) is 3.57. The van der Waals surface area contributed by atoms with Gasteiger partial charge in [0.15, 0.2) is 0 Å². The Morgan fingerprint density at radius 3 is 2.67 bits per heavy atom. The molecule has 0 aliphatic heterocycles. The van der Waals surface area contributed by atoms with Crippen LogP contribution < -0.4 is 10.9 Å². The van der Waals surface area contributed by atoms with E-state index >= 15 is 0 Å². The van der Waals surface area contributed by atoms with Crippen molar-refractivity contribution in [2.75, 3.05) is 5.32 Å². The Balaban J connectivity index is 2.97. The molecule has 1 aromatic heterocycles. The monoisotopic (exact) mass is 166 g/mol. The van der Waals surface area contributed by atoms with E-state index in [1.807, 2.05) is 0 Å². The molecule has 2 N–H and O–H groups in total. The van der Waals surface area contributed by atoms with Gasteiger partial charge in [-0.05, 0) is 13.0 Å². The van der Waals surface area contributed by atoms with Gasteiger partial charge in [0.1, 0.15) is 5.82 Å². The number of carbonyl (C=O) groups excluding carboxylic acids is 1. The lowest BCUT2D eigenvalue weighted by Crippen LogP contribution is -2.14. The normalized spacial score (nSPS) is 9.50. The van der Waals surface area contributed by atoms with Gasteiger partial charge in [0.2, 0.25) is 5.91 Å². The van der Waals surface area contributed by atoms with E-state index in [1.165, 1.54) is 6.92 Å². The molecule has 0 saturated carbocycles. The molecule has 0 saturated heterocycles. The van der Waals surface area contributed by atoms with Gasteiger partial charge in [0, 0.05) is 12.5 Å². The van der Waals surface area contributed by atoms with Gasteiger partial charge >= 0.3 is 0 Å². The summed E-state index contributed by atoms with van der Waals surface area (Å²) in [5.74, 6) is 0.229. The van der Waals surface area contributed by atoms with Crippen LogP contribution in [-0.4, -0.2) is 10.9 Å². The number of aromatic amines is 1. The largest absolute Gasteiger partial charge is 0.312 e. The Hall–Kier alpha value is -1.58. The summed E-state index contributed by atoms with van der Waals surface area (Å²) in [6.45, 7) is 3.09. The summed E-state index contributed by atoms with van der Waals surface area (Å²) in [5, 5.41) is 2.48. The van der Waals surface area contributed by atoms with E-state index in [0.717, 1.165) is 0 Å². The SMILES string of the molecule is CC(=O)Nc1ccc(C)c(=O)[nH]1. The molecule has 1 amide bonds. The van der Waals surface area contributed by atoms with Crippen LogP contribution in [0.1, 0.15) is 12.5 Å². The number of aromatic nitrogens is 1. The molecule has 0 aromatic carbocycles. The van der Waals surface area contributed by atoms with Crippen LogP contribution in [0, 0.1) is 6.92 Å². The zero-order valence-corrected chi connectivity index (χ0v) is 6.97. The van der Waals surface area contributed by atoms with Gasteiger partial charge in [-0.15, -0.1) is 0 Å². The van der Waals surface area contributed by atoms with E-state index in [0.29, 0.717) is 11.4 Å². The third kappa shape index (κ3) is 1.95. The van der Waals surface area contributed by atoms with Crippen molar-refractivity contribution in [3.05, 3.63) is 28.0 Å². The van der Waals surface area contributed by atoms with E-state index in [9.17, 15) is 9.59 Å².